The van der Waals surface area contributed by atoms with Gasteiger partial charge in [0.15, 0.2) is 0 Å². The summed E-state index contributed by atoms with van der Waals surface area (Å²) in [5.41, 5.74) is 7.27. The Balaban J connectivity index is 2.15. The topological polar surface area (TPSA) is 26.0 Å². The van der Waals surface area contributed by atoms with Gasteiger partial charge in [-0.05, 0) is 42.7 Å². The fourth-order valence-corrected chi connectivity index (χ4v) is 2.84. The van der Waals surface area contributed by atoms with Gasteiger partial charge in [-0.1, -0.05) is 46.9 Å². The fourth-order valence-electron chi connectivity index (χ4n) is 2.05. The Morgan fingerprint density at radius 2 is 1.30 bits per heavy atom. The van der Waals surface area contributed by atoms with Crippen molar-refractivity contribution in [1.29, 1.82) is 0 Å². The average Bonchev–Trinajstić information content (AvgIpc) is 2.39. The molecule has 0 bridgehead atoms. The highest BCUT2D eigenvalue weighted by Gasteiger charge is 2.15. The Labute approximate surface area is 132 Å². The molecule has 106 valence electrons. The van der Waals surface area contributed by atoms with Gasteiger partial charge in [-0.3, -0.25) is 0 Å². The van der Waals surface area contributed by atoms with E-state index in [4.69, 9.17) is 40.5 Å². The summed E-state index contributed by atoms with van der Waals surface area (Å²) in [6.07, 6.45) is 0.788. The lowest BCUT2D eigenvalue weighted by Gasteiger charge is -2.15. The predicted octanol–water partition coefficient (Wildman–Crippen LogP) is 4.90. The standard InChI is InChI=1S/C15H13Cl3FN/c16-12-3-1-4-13(17)10(12)7-9(20)8-11-14(18)5-2-6-15(11)19/h1-6,9H,7-8,20H2. The van der Waals surface area contributed by atoms with Gasteiger partial charge in [-0.2, -0.15) is 0 Å². The molecule has 0 aromatic heterocycles. The van der Waals surface area contributed by atoms with Crippen LogP contribution in [-0.4, -0.2) is 6.04 Å². The molecule has 2 N–H and O–H groups in total. The smallest absolute Gasteiger partial charge is 0.127 e. The quantitative estimate of drug-likeness (QED) is 0.847. The first-order valence-electron chi connectivity index (χ1n) is 6.10. The lowest BCUT2D eigenvalue weighted by Crippen LogP contribution is -2.26. The summed E-state index contributed by atoms with van der Waals surface area (Å²) in [6.45, 7) is 0. The van der Waals surface area contributed by atoms with Crippen molar-refractivity contribution in [3.8, 4) is 0 Å². The van der Waals surface area contributed by atoms with Gasteiger partial charge >= 0.3 is 0 Å². The van der Waals surface area contributed by atoms with Crippen LogP contribution in [0.15, 0.2) is 36.4 Å². The summed E-state index contributed by atoms with van der Waals surface area (Å²) >= 11 is 18.2. The van der Waals surface area contributed by atoms with Crippen LogP contribution in [0.25, 0.3) is 0 Å². The van der Waals surface area contributed by atoms with E-state index in [0.29, 0.717) is 33.5 Å². The number of hydrogen-bond donors (Lipinski definition) is 1. The molecule has 0 spiro atoms. The van der Waals surface area contributed by atoms with E-state index in [9.17, 15) is 4.39 Å². The van der Waals surface area contributed by atoms with Crippen LogP contribution < -0.4 is 5.73 Å². The third kappa shape index (κ3) is 3.64. The molecule has 0 heterocycles. The van der Waals surface area contributed by atoms with Crippen LogP contribution in [0.2, 0.25) is 15.1 Å². The molecule has 0 fully saturated rings. The summed E-state index contributed by atoms with van der Waals surface area (Å²) in [6, 6.07) is 9.55. The summed E-state index contributed by atoms with van der Waals surface area (Å²) in [4.78, 5) is 0. The average molecular weight is 333 g/mol. The summed E-state index contributed by atoms with van der Waals surface area (Å²) in [5.74, 6) is -0.349. The molecule has 1 unspecified atom stereocenters. The Bertz CT molecular complexity index is 522. The van der Waals surface area contributed by atoms with Crippen molar-refractivity contribution in [3.63, 3.8) is 0 Å². The largest absolute Gasteiger partial charge is 0.327 e. The van der Waals surface area contributed by atoms with Crippen LogP contribution in [0.3, 0.4) is 0 Å². The molecule has 5 heteroatoms. The maximum atomic E-state index is 13.7. The number of nitrogens with two attached hydrogens (primary N) is 1. The van der Waals surface area contributed by atoms with Crippen LogP contribution in [0, 0.1) is 5.82 Å². The highest BCUT2D eigenvalue weighted by Crippen LogP contribution is 2.27. The van der Waals surface area contributed by atoms with E-state index in [1.54, 1.807) is 30.3 Å². The van der Waals surface area contributed by atoms with Crippen molar-refractivity contribution in [2.75, 3.05) is 0 Å². The zero-order chi connectivity index (χ0) is 14.7. The van der Waals surface area contributed by atoms with E-state index in [1.165, 1.54) is 6.07 Å². The van der Waals surface area contributed by atoms with Gasteiger partial charge in [-0.25, -0.2) is 4.39 Å². The van der Waals surface area contributed by atoms with E-state index in [-0.39, 0.29) is 11.9 Å². The molecule has 0 amide bonds. The van der Waals surface area contributed by atoms with Crippen molar-refractivity contribution in [1.82, 2.24) is 0 Å². The Kier molecular flexibility index (Phi) is 5.28. The molecule has 2 aromatic rings. The van der Waals surface area contributed by atoms with Gasteiger partial charge in [0.05, 0.1) is 0 Å². The van der Waals surface area contributed by atoms with Gasteiger partial charge in [0.2, 0.25) is 0 Å². The number of benzene rings is 2. The van der Waals surface area contributed by atoms with Gasteiger partial charge in [0.25, 0.3) is 0 Å². The van der Waals surface area contributed by atoms with Crippen molar-refractivity contribution < 1.29 is 4.39 Å². The molecule has 2 rings (SSSR count). The van der Waals surface area contributed by atoms with E-state index in [2.05, 4.69) is 0 Å². The minimum atomic E-state index is -0.349. The number of halogens is 4. The molecule has 0 aliphatic carbocycles. The van der Waals surface area contributed by atoms with Gasteiger partial charge in [-0.15, -0.1) is 0 Å². The third-order valence-electron chi connectivity index (χ3n) is 3.06. The monoisotopic (exact) mass is 331 g/mol. The molecule has 2 aromatic carbocycles. The fraction of sp³-hybridized carbons (Fsp3) is 0.200. The van der Waals surface area contributed by atoms with Crippen LogP contribution in [0.4, 0.5) is 4.39 Å². The second-order valence-corrected chi connectivity index (χ2v) is 5.79. The summed E-state index contributed by atoms with van der Waals surface area (Å²) < 4.78 is 13.7. The van der Waals surface area contributed by atoms with Crippen molar-refractivity contribution in [2.24, 2.45) is 5.73 Å². The molecular weight excluding hydrogens is 320 g/mol. The normalized spacial score (nSPS) is 12.4. The molecule has 0 aliphatic heterocycles. The molecule has 0 saturated carbocycles. The third-order valence-corrected chi connectivity index (χ3v) is 4.12. The van der Waals surface area contributed by atoms with Gasteiger partial charge in [0, 0.05) is 26.7 Å². The van der Waals surface area contributed by atoms with Crippen LogP contribution in [-0.2, 0) is 12.8 Å². The molecular formula is C15H13Cl3FN. The highest BCUT2D eigenvalue weighted by molar-refractivity contribution is 6.36. The highest BCUT2D eigenvalue weighted by atomic mass is 35.5. The molecule has 0 saturated heterocycles. The first kappa shape index (κ1) is 15.6. The second-order valence-electron chi connectivity index (χ2n) is 4.57. The zero-order valence-electron chi connectivity index (χ0n) is 10.5. The number of hydrogen-bond acceptors (Lipinski definition) is 1. The minimum Gasteiger partial charge on any atom is -0.327 e. The predicted molar refractivity (Wildman–Crippen MR) is 83.3 cm³/mol. The first-order valence-corrected chi connectivity index (χ1v) is 7.23. The zero-order valence-corrected chi connectivity index (χ0v) is 12.8. The van der Waals surface area contributed by atoms with Crippen molar-refractivity contribution >= 4 is 34.8 Å². The van der Waals surface area contributed by atoms with E-state index in [0.717, 1.165) is 5.56 Å². The number of rotatable bonds is 4. The van der Waals surface area contributed by atoms with Crippen LogP contribution >= 0.6 is 34.8 Å². The van der Waals surface area contributed by atoms with Gasteiger partial charge in [0.1, 0.15) is 5.82 Å². The first-order chi connectivity index (χ1) is 9.49. The van der Waals surface area contributed by atoms with Crippen molar-refractivity contribution in [3.05, 3.63) is 68.4 Å². The molecule has 0 radical (unpaired) electrons. The molecule has 0 aliphatic rings. The van der Waals surface area contributed by atoms with Crippen LogP contribution in [0.5, 0.6) is 0 Å². The minimum absolute atomic E-state index is 0.318. The Hall–Kier alpha value is -0.800. The maximum Gasteiger partial charge on any atom is 0.127 e. The second kappa shape index (κ2) is 6.77. The summed E-state index contributed by atoms with van der Waals surface area (Å²) in [7, 11) is 0. The van der Waals surface area contributed by atoms with E-state index in [1.807, 2.05) is 0 Å². The van der Waals surface area contributed by atoms with Crippen molar-refractivity contribution in [2.45, 2.75) is 18.9 Å². The lowest BCUT2D eigenvalue weighted by atomic mass is 9.99. The van der Waals surface area contributed by atoms with E-state index >= 15 is 0 Å². The molecule has 20 heavy (non-hydrogen) atoms. The van der Waals surface area contributed by atoms with Gasteiger partial charge < -0.3 is 5.73 Å². The SMILES string of the molecule is NC(Cc1c(F)cccc1Cl)Cc1c(Cl)cccc1Cl. The van der Waals surface area contributed by atoms with E-state index < -0.39 is 0 Å². The Morgan fingerprint density at radius 1 is 0.850 bits per heavy atom. The van der Waals surface area contributed by atoms with Crippen LogP contribution in [0.1, 0.15) is 11.1 Å². The lowest BCUT2D eigenvalue weighted by molar-refractivity contribution is 0.584. The molecule has 1 atom stereocenters. The summed E-state index contributed by atoms with van der Waals surface area (Å²) in [5, 5.41) is 1.51. The Morgan fingerprint density at radius 3 is 1.85 bits per heavy atom. The maximum absolute atomic E-state index is 13.7. The molecule has 1 nitrogen and oxygen atoms in total.